The molecule has 1 amide bonds. The molecule has 2 aromatic rings. The van der Waals surface area contributed by atoms with Gasteiger partial charge in [-0.05, 0) is 30.2 Å². The van der Waals surface area contributed by atoms with Crippen molar-refractivity contribution in [3.8, 4) is 5.75 Å². The average Bonchev–Trinajstić information content (AvgIpc) is 2.47. The number of carbonyl (C=O) groups excluding carboxylic acids is 1. The lowest BCUT2D eigenvalue weighted by atomic mass is 10.1. The zero-order valence-electron chi connectivity index (χ0n) is 11.4. The van der Waals surface area contributed by atoms with Gasteiger partial charge in [-0.3, -0.25) is 4.79 Å². The Kier molecular flexibility index (Phi) is 4.38. The van der Waals surface area contributed by atoms with E-state index < -0.39 is 0 Å². The molecule has 4 heteroatoms. The van der Waals surface area contributed by atoms with E-state index in [1.807, 2.05) is 31.2 Å². The van der Waals surface area contributed by atoms with E-state index >= 15 is 0 Å². The lowest BCUT2D eigenvalue weighted by Crippen LogP contribution is -2.23. The molecule has 4 N–H and O–H groups in total. The van der Waals surface area contributed by atoms with Crippen LogP contribution in [0.3, 0.4) is 0 Å². The summed E-state index contributed by atoms with van der Waals surface area (Å²) in [7, 11) is 0. The molecule has 0 spiro atoms. The predicted molar refractivity (Wildman–Crippen MR) is 78.3 cm³/mol. The molecule has 2 rings (SSSR count). The number of hydrogen-bond acceptors (Lipinski definition) is 3. The van der Waals surface area contributed by atoms with Crippen LogP contribution in [0.15, 0.2) is 42.5 Å². The number of carbonyl (C=O) groups is 1. The summed E-state index contributed by atoms with van der Waals surface area (Å²) in [6.45, 7) is 2.70. The van der Waals surface area contributed by atoms with Crippen LogP contribution in [-0.2, 0) is 13.1 Å². The molecule has 0 aliphatic rings. The Labute approximate surface area is 118 Å². The summed E-state index contributed by atoms with van der Waals surface area (Å²) in [5.41, 5.74) is 8.86. The molecule has 0 atom stereocenters. The van der Waals surface area contributed by atoms with Crippen LogP contribution in [0.5, 0.6) is 5.75 Å². The van der Waals surface area contributed by atoms with Crippen molar-refractivity contribution in [1.82, 2.24) is 5.32 Å². The van der Waals surface area contributed by atoms with Gasteiger partial charge in [-0.25, -0.2) is 0 Å². The molecular weight excluding hydrogens is 252 g/mol. The van der Waals surface area contributed by atoms with Gasteiger partial charge >= 0.3 is 0 Å². The standard InChI is InChI=1S/C16H18N2O2/c1-11-6-7-15(19)14(8-11)16(20)18-10-13-5-3-2-4-12(13)9-17/h2-8,19H,9-10,17H2,1H3,(H,18,20). The second kappa shape index (κ2) is 6.21. The van der Waals surface area contributed by atoms with Crippen LogP contribution in [-0.4, -0.2) is 11.0 Å². The second-order valence-corrected chi connectivity index (χ2v) is 4.68. The summed E-state index contributed by atoms with van der Waals surface area (Å²) in [6, 6.07) is 12.6. The number of amides is 1. The molecule has 0 aliphatic carbocycles. The Hall–Kier alpha value is -2.33. The number of rotatable bonds is 4. The van der Waals surface area contributed by atoms with Gasteiger partial charge in [0, 0.05) is 13.1 Å². The summed E-state index contributed by atoms with van der Waals surface area (Å²) < 4.78 is 0. The molecule has 0 bridgehead atoms. The highest BCUT2D eigenvalue weighted by molar-refractivity contribution is 5.96. The minimum Gasteiger partial charge on any atom is -0.507 e. The van der Waals surface area contributed by atoms with E-state index in [9.17, 15) is 9.90 Å². The van der Waals surface area contributed by atoms with Gasteiger partial charge in [0.1, 0.15) is 5.75 Å². The zero-order valence-corrected chi connectivity index (χ0v) is 11.4. The maximum atomic E-state index is 12.1. The fourth-order valence-corrected chi connectivity index (χ4v) is 2.03. The molecular formula is C16H18N2O2. The van der Waals surface area contributed by atoms with Crippen molar-refractivity contribution in [2.75, 3.05) is 0 Å². The van der Waals surface area contributed by atoms with Crippen molar-refractivity contribution in [3.05, 3.63) is 64.7 Å². The maximum Gasteiger partial charge on any atom is 0.255 e. The number of benzene rings is 2. The number of nitrogens with two attached hydrogens (primary N) is 1. The third kappa shape index (κ3) is 3.16. The van der Waals surface area contributed by atoms with Crippen molar-refractivity contribution in [1.29, 1.82) is 0 Å². The Morgan fingerprint density at radius 1 is 1.20 bits per heavy atom. The van der Waals surface area contributed by atoms with Crippen LogP contribution >= 0.6 is 0 Å². The maximum absolute atomic E-state index is 12.1. The van der Waals surface area contributed by atoms with Crippen LogP contribution in [0.1, 0.15) is 27.0 Å². The number of phenols is 1. The summed E-state index contributed by atoms with van der Waals surface area (Å²) >= 11 is 0. The average molecular weight is 270 g/mol. The number of phenolic OH excluding ortho intramolecular Hbond substituents is 1. The first kappa shape index (κ1) is 14.1. The Morgan fingerprint density at radius 2 is 1.90 bits per heavy atom. The van der Waals surface area contributed by atoms with Gasteiger partial charge in [0.25, 0.3) is 5.91 Å². The first-order chi connectivity index (χ1) is 9.61. The second-order valence-electron chi connectivity index (χ2n) is 4.68. The Morgan fingerprint density at radius 3 is 2.60 bits per heavy atom. The minimum absolute atomic E-state index is 0.0137. The molecule has 0 unspecified atom stereocenters. The van der Waals surface area contributed by atoms with E-state index in [0.717, 1.165) is 16.7 Å². The monoisotopic (exact) mass is 270 g/mol. The summed E-state index contributed by atoms with van der Waals surface area (Å²) in [5, 5.41) is 12.5. The SMILES string of the molecule is Cc1ccc(O)c(C(=O)NCc2ccccc2CN)c1. The molecule has 4 nitrogen and oxygen atoms in total. The first-order valence-corrected chi connectivity index (χ1v) is 6.46. The fourth-order valence-electron chi connectivity index (χ4n) is 2.03. The molecule has 2 aromatic carbocycles. The van der Waals surface area contributed by atoms with Gasteiger partial charge in [-0.15, -0.1) is 0 Å². The highest BCUT2D eigenvalue weighted by atomic mass is 16.3. The number of aromatic hydroxyl groups is 1. The molecule has 0 heterocycles. The summed E-state index contributed by atoms with van der Waals surface area (Å²) in [5.74, 6) is -0.307. The lowest BCUT2D eigenvalue weighted by Gasteiger charge is -2.10. The van der Waals surface area contributed by atoms with Gasteiger partial charge in [-0.1, -0.05) is 35.9 Å². The topological polar surface area (TPSA) is 75.3 Å². The molecule has 104 valence electrons. The number of nitrogens with one attached hydrogen (secondary N) is 1. The van der Waals surface area contributed by atoms with Gasteiger partial charge in [0.05, 0.1) is 5.56 Å². The van der Waals surface area contributed by atoms with Crippen molar-refractivity contribution in [3.63, 3.8) is 0 Å². The molecule has 0 aromatic heterocycles. The summed E-state index contributed by atoms with van der Waals surface area (Å²) in [6.07, 6.45) is 0. The van der Waals surface area contributed by atoms with E-state index in [1.54, 1.807) is 12.1 Å². The molecule has 0 fully saturated rings. The van der Waals surface area contributed by atoms with Crippen LogP contribution in [0, 0.1) is 6.92 Å². The molecule has 0 saturated heterocycles. The van der Waals surface area contributed by atoms with E-state index in [4.69, 9.17) is 5.73 Å². The van der Waals surface area contributed by atoms with Crippen molar-refractivity contribution in [2.45, 2.75) is 20.0 Å². The van der Waals surface area contributed by atoms with Gasteiger partial charge in [0.2, 0.25) is 0 Å². The lowest BCUT2D eigenvalue weighted by molar-refractivity contribution is 0.0948. The van der Waals surface area contributed by atoms with E-state index in [0.29, 0.717) is 13.1 Å². The highest BCUT2D eigenvalue weighted by Crippen LogP contribution is 2.18. The Balaban J connectivity index is 2.11. The van der Waals surface area contributed by atoms with E-state index in [2.05, 4.69) is 5.32 Å². The van der Waals surface area contributed by atoms with Gasteiger partial charge < -0.3 is 16.2 Å². The van der Waals surface area contributed by atoms with Crippen LogP contribution < -0.4 is 11.1 Å². The predicted octanol–water partition coefficient (Wildman–Crippen LogP) is 2.09. The van der Waals surface area contributed by atoms with Crippen molar-refractivity contribution >= 4 is 5.91 Å². The van der Waals surface area contributed by atoms with Crippen LogP contribution in [0.2, 0.25) is 0 Å². The zero-order chi connectivity index (χ0) is 14.5. The first-order valence-electron chi connectivity index (χ1n) is 6.46. The smallest absolute Gasteiger partial charge is 0.255 e. The van der Waals surface area contributed by atoms with Crippen LogP contribution in [0.25, 0.3) is 0 Å². The third-order valence-electron chi connectivity index (χ3n) is 3.17. The normalized spacial score (nSPS) is 10.3. The number of hydrogen-bond donors (Lipinski definition) is 3. The number of aryl methyl sites for hydroxylation is 1. The van der Waals surface area contributed by atoms with Crippen molar-refractivity contribution in [2.24, 2.45) is 5.73 Å². The van der Waals surface area contributed by atoms with Gasteiger partial charge in [-0.2, -0.15) is 0 Å². The highest BCUT2D eigenvalue weighted by Gasteiger charge is 2.11. The molecule has 0 saturated carbocycles. The minimum atomic E-state index is -0.293. The van der Waals surface area contributed by atoms with Gasteiger partial charge in [0.15, 0.2) is 0 Å². The molecule has 0 aliphatic heterocycles. The fraction of sp³-hybridized carbons (Fsp3) is 0.188. The van der Waals surface area contributed by atoms with E-state index in [1.165, 1.54) is 6.07 Å². The third-order valence-corrected chi connectivity index (χ3v) is 3.17. The summed E-state index contributed by atoms with van der Waals surface area (Å²) in [4.78, 5) is 12.1. The molecule has 0 radical (unpaired) electrons. The molecule has 20 heavy (non-hydrogen) atoms. The van der Waals surface area contributed by atoms with E-state index in [-0.39, 0.29) is 17.2 Å². The van der Waals surface area contributed by atoms with Crippen molar-refractivity contribution < 1.29 is 9.90 Å². The van der Waals surface area contributed by atoms with Crippen LogP contribution in [0.4, 0.5) is 0 Å². The quantitative estimate of drug-likeness (QED) is 0.796. The largest absolute Gasteiger partial charge is 0.507 e. The Bertz CT molecular complexity index is 624.